The molecule has 0 fully saturated rings. The summed E-state index contributed by atoms with van der Waals surface area (Å²) < 4.78 is 11.0. The number of benzene rings is 1. The molecule has 6 heteroatoms. The molecule has 5 nitrogen and oxygen atoms in total. The fourth-order valence-electron chi connectivity index (χ4n) is 4.19. The molecule has 1 aliphatic rings. The SMILES string of the molecule is CCc1cc(/C(=C\CCCCO)C2C=C(CO)C(OC)=C(Cl)C2C)cc(CO)c1OC. The molecular formula is C25H35ClO5. The number of hydrogen-bond donors (Lipinski definition) is 3. The standard InChI is InChI=1S/C25H35ClO5/c1-5-17-11-18(12-19(14-28)24(17)30-3)21(9-7-6-8-10-27)22-13-20(15-29)25(31-4)23(26)16(22)2/h9,11-13,16,22,27-29H,5-8,10,14-15H2,1-4H3/b21-9+. The van der Waals surface area contributed by atoms with Crippen LogP contribution in [0.1, 0.15) is 49.8 Å². The Kier molecular flexibility index (Phi) is 10.1. The van der Waals surface area contributed by atoms with Gasteiger partial charge >= 0.3 is 0 Å². The van der Waals surface area contributed by atoms with Gasteiger partial charge in [0.05, 0.1) is 32.5 Å². The van der Waals surface area contributed by atoms with Crippen LogP contribution in [0.4, 0.5) is 0 Å². The first-order valence-corrected chi connectivity index (χ1v) is 11.2. The van der Waals surface area contributed by atoms with E-state index >= 15 is 0 Å². The zero-order valence-corrected chi connectivity index (χ0v) is 19.7. The maximum absolute atomic E-state index is 9.96. The molecule has 0 bridgehead atoms. The molecule has 0 saturated carbocycles. The summed E-state index contributed by atoms with van der Waals surface area (Å²) in [5, 5.41) is 29.6. The average Bonchev–Trinajstić information content (AvgIpc) is 2.80. The first kappa shape index (κ1) is 25.5. The van der Waals surface area contributed by atoms with Crippen molar-refractivity contribution < 1.29 is 24.8 Å². The number of aliphatic hydroxyl groups is 3. The highest BCUT2D eigenvalue weighted by Crippen LogP contribution is 2.44. The Morgan fingerprint density at radius 2 is 1.77 bits per heavy atom. The van der Waals surface area contributed by atoms with Gasteiger partial charge in [-0.25, -0.2) is 0 Å². The molecule has 0 amide bonds. The summed E-state index contributed by atoms with van der Waals surface area (Å²) >= 11 is 6.66. The lowest BCUT2D eigenvalue weighted by Gasteiger charge is -2.31. The fraction of sp³-hybridized carbons (Fsp3) is 0.520. The highest BCUT2D eigenvalue weighted by Gasteiger charge is 2.31. The Bertz CT molecular complexity index is 815. The third kappa shape index (κ3) is 5.72. The first-order chi connectivity index (χ1) is 15.0. The van der Waals surface area contributed by atoms with E-state index < -0.39 is 0 Å². The van der Waals surface area contributed by atoms with Crippen LogP contribution >= 0.6 is 11.6 Å². The number of aliphatic hydroxyl groups excluding tert-OH is 3. The largest absolute Gasteiger partial charge is 0.496 e. The molecule has 172 valence electrons. The second-order valence-corrected chi connectivity index (χ2v) is 8.17. The van der Waals surface area contributed by atoms with Crippen LogP contribution in [0.15, 0.2) is 40.6 Å². The number of unbranched alkanes of at least 4 members (excludes halogenated alkanes) is 2. The molecule has 2 unspecified atom stereocenters. The molecule has 0 aromatic heterocycles. The Morgan fingerprint density at radius 3 is 2.32 bits per heavy atom. The van der Waals surface area contributed by atoms with E-state index in [4.69, 9.17) is 26.2 Å². The van der Waals surface area contributed by atoms with E-state index in [1.54, 1.807) is 14.2 Å². The van der Waals surface area contributed by atoms with Gasteiger partial charge in [0.25, 0.3) is 0 Å². The van der Waals surface area contributed by atoms with Gasteiger partial charge in [0.1, 0.15) is 11.5 Å². The second-order valence-electron chi connectivity index (χ2n) is 7.76. The van der Waals surface area contributed by atoms with Gasteiger partial charge in [0.2, 0.25) is 0 Å². The van der Waals surface area contributed by atoms with Crippen LogP contribution in [0.25, 0.3) is 5.57 Å². The number of halogens is 1. The van der Waals surface area contributed by atoms with E-state index in [9.17, 15) is 10.2 Å². The molecule has 1 aromatic rings. The third-order valence-corrected chi connectivity index (χ3v) is 6.39. The lowest BCUT2D eigenvalue weighted by molar-refractivity contribution is 0.261. The zero-order chi connectivity index (χ0) is 23.0. The molecule has 0 radical (unpaired) electrons. The van der Waals surface area contributed by atoms with E-state index in [-0.39, 0.29) is 31.7 Å². The number of aryl methyl sites for hydroxylation is 1. The van der Waals surface area contributed by atoms with Gasteiger partial charge in [-0.15, -0.1) is 0 Å². The minimum atomic E-state index is -0.162. The van der Waals surface area contributed by atoms with Gasteiger partial charge in [-0.3, -0.25) is 0 Å². The highest BCUT2D eigenvalue weighted by atomic mass is 35.5. The van der Waals surface area contributed by atoms with E-state index in [1.807, 2.05) is 12.1 Å². The minimum Gasteiger partial charge on any atom is -0.496 e. The first-order valence-electron chi connectivity index (χ1n) is 10.8. The fourth-order valence-corrected chi connectivity index (χ4v) is 4.52. The van der Waals surface area contributed by atoms with E-state index in [2.05, 4.69) is 26.0 Å². The van der Waals surface area contributed by atoms with Crippen LogP contribution in [-0.2, 0) is 17.8 Å². The molecule has 3 N–H and O–H groups in total. The van der Waals surface area contributed by atoms with Crippen molar-refractivity contribution in [2.24, 2.45) is 11.8 Å². The molecule has 31 heavy (non-hydrogen) atoms. The van der Waals surface area contributed by atoms with Crippen LogP contribution in [0.2, 0.25) is 0 Å². The monoisotopic (exact) mass is 450 g/mol. The van der Waals surface area contributed by atoms with Crippen molar-refractivity contribution in [3.8, 4) is 5.75 Å². The smallest absolute Gasteiger partial charge is 0.138 e. The lowest BCUT2D eigenvalue weighted by atomic mass is 9.77. The van der Waals surface area contributed by atoms with Crippen molar-refractivity contribution in [1.82, 2.24) is 0 Å². The maximum Gasteiger partial charge on any atom is 0.138 e. The molecule has 1 aliphatic carbocycles. The minimum absolute atomic E-state index is 0.0410. The quantitative estimate of drug-likeness (QED) is 0.430. The summed E-state index contributed by atoms with van der Waals surface area (Å²) in [6, 6.07) is 4.08. The van der Waals surface area contributed by atoms with E-state index in [0.717, 1.165) is 53.7 Å². The van der Waals surface area contributed by atoms with Crippen molar-refractivity contribution in [3.63, 3.8) is 0 Å². The summed E-state index contributed by atoms with van der Waals surface area (Å²) in [6.07, 6.45) is 7.40. The molecule has 0 aliphatic heterocycles. The van der Waals surface area contributed by atoms with Gasteiger partial charge < -0.3 is 24.8 Å². The summed E-state index contributed by atoms with van der Waals surface area (Å²) in [7, 11) is 3.18. The molecular weight excluding hydrogens is 416 g/mol. The van der Waals surface area contributed by atoms with Crippen molar-refractivity contribution in [2.45, 2.75) is 46.1 Å². The Balaban J connectivity index is 2.62. The van der Waals surface area contributed by atoms with Crippen LogP contribution in [-0.4, -0.2) is 42.8 Å². The number of hydrogen-bond acceptors (Lipinski definition) is 5. The van der Waals surface area contributed by atoms with Crippen molar-refractivity contribution >= 4 is 17.2 Å². The van der Waals surface area contributed by atoms with Crippen LogP contribution in [0.5, 0.6) is 5.75 Å². The molecule has 2 rings (SSSR count). The van der Waals surface area contributed by atoms with Crippen molar-refractivity contribution in [3.05, 3.63) is 57.3 Å². The molecule has 0 spiro atoms. The lowest BCUT2D eigenvalue weighted by Crippen LogP contribution is -2.21. The van der Waals surface area contributed by atoms with Crippen molar-refractivity contribution in [2.75, 3.05) is 27.4 Å². The Hall–Kier alpha value is -1.79. The van der Waals surface area contributed by atoms with E-state index in [1.165, 1.54) is 0 Å². The predicted molar refractivity (Wildman–Crippen MR) is 125 cm³/mol. The van der Waals surface area contributed by atoms with Gasteiger partial charge in [0, 0.05) is 29.6 Å². The summed E-state index contributed by atoms with van der Waals surface area (Å²) in [4.78, 5) is 0. The zero-order valence-electron chi connectivity index (χ0n) is 18.9. The summed E-state index contributed by atoms with van der Waals surface area (Å²) in [5.41, 5.74) is 4.52. The number of methoxy groups -OCH3 is 2. The van der Waals surface area contributed by atoms with Gasteiger partial charge in [0.15, 0.2) is 0 Å². The number of rotatable bonds is 11. The van der Waals surface area contributed by atoms with Crippen LogP contribution < -0.4 is 4.74 Å². The Labute approximate surface area is 190 Å². The summed E-state index contributed by atoms with van der Waals surface area (Å²) in [5.74, 6) is 1.15. The molecule has 2 atom stereocenters. The topological polar surface area (TPSA) is 79.2 Å². The van der Waals surface area contributed by atoms with E-state index in [0.29, 0.717) is 16.4 Å². The third-order valence-electron chi connectivity index (χ3n) is 5.87. The van der Waals surface area contributed by atoms with Crippen molar-refractivity contribution in [1.29, 1.82) is 0 Å². The molecule has 0 saturated heterocycles. The van der Waals surface area contributed by atoms with Gasteiger partial charge in [-0.05, 0) is 54.5 Å². The predicted octanol–water partition coefficient (Wildman–Crippen LogP) is 4.58. The highest BCUT2D eigenvalue weighted by molar-refractivity contribution is 6.30. The van der Waals surface area contributed by atoms with Gasteiger partial charge in [-0.2, -0.15) is 0 Å². The number of allylic oxidation sites excluding steroid dienone is 4. The Morgan fingerprint density at radius 1 is 1.06 bits per heavy atom. The summed E-state index contributed by atoms with van der Waals surface area (Å²) in [6.45, 7) is 4.00. The van der Waals surface area contributed by atoms with Crippen LogP contribution in [0, 0.1) is 11.8 Å². The average molecular weight is 451 g/mol. The van der Waals surface area contributed by atoms with Crippen LogP contribution in [0.3, 0.4) is 0 Å². The number of ether oxygens (including phenoxy) is 2. The normalized spacial score (nSPS) is 19.5. The van der Waals surface area contributed by atoms with Gasteiger partial charge in [-0.1, -0.05) is 37.6 Å². The molecule has 0 heterocycles. The second kappa shape index (κ2) is 12.3. The molecule has 1 aromatic carbocycles. The maximum atomic E-state index is 9.96.